The van der Waals surface area contributed by atoms with Crippen LogP contribution in [0.4, 0.5) is 18.9 Å². The van der Waals surface area contributed by atoms with E-state index in [1.807, 2.05) is 4.90 Å². The Morgan fingerprint density at radius 1 is 1.24 bits per heavy atom. The number of halogens is 3. The molecule has 6 heteroatoms. The van der Waals surface area contributed by atoms with Gasteiger partial charge in [0, 0.05) is 18.3 Å². The standard InChI is InChI=1S/C15H16F3NO2/c16-15(17,18)13-7-11(5-6-12(13)14(20)21)19(10-3-4-10)8-9-1-2-9/h5-7,9-10H,1-4,8H2,(H,20,21). The van der Waals surface area contributed by atoms with E-state index in [1.165, 1.54) is 6.07 Å². The molecule has 1 N–H and O–H groups in total. The van der Waals surface area contributed by atoms with E-state index in [1.54, 1.807) is 0 Å². The maximum atomic E-state index is 13.1. The second kappa shape index (κ2) is 4.93. The highest BCUT2D eigenvalue weighted by Crippen LogP contribution is 2.40. The molecule has 0 aromatic heterocycles. The summed E-state index contributed by atoms with van der Waals surface area (Å²) in [5, 5.41) is 8.92. The van der Waals surface area contributed by atoms with Gasteiger partial charge in [0.25, 0.3) is 0 Å². The minimum atomic E-state index is -4.65. The number of hydrogen-bond acceptors (Lipinski definition) is 2. The zero-order valence-electron chi connectivity index (χ0n) is 11.4. The molecule has 0 atom stereocenters. The van der Waals surface area contributed by atoms with Gasteiger partial charge in [0.2, 0.25) is 0 Å². The molecule has 0 amide bonds. The largest absolute Gasteiger partial charge is 0.478 e. The summed E-state index contributed by atoms with van der Waals surface area (Å²) < 4.78 is 39.2. The molecule has 2 aliphatic rings. The van der Waals surface area contributed by atoms with Gasteiger partial charge in [0.05, 0.1) is 11.1 Å². The third-order valence-corrected chi connectivity index (χ3v) is 4.01. The lowest BCUT2D eigenvalue weighted by Gasteiger charge is -2.26. The Morgan fingerprint density at radius 2 is 1.90 bits per heavy atom. The van der Waals surface area contributed by atoms with Crippen molar-refractivity contribution in [2.45, 2.75) is 37.9 Å². The molecule has 3 nitrogen and oxygen atoms in total. The summed E-state index contributed by atoms with van der Waals surface area (Å²) in [5.41, 5.74) is -1.26. The number of rotatable bonds is 5. The number of hydrogen-bond donors (Lipinski definition) is 1. The monoisotopic (exact) mass is 299 g/mol. The Morgan fingerprint density at radius 3 is 2.38 bits per heavy atom. The van der Waals surface area contributed by atoms with Crippen molar-refractivity contribution < 1.29 is 23.1 Å². The normalized spacial score (nSPS) is 18.6. The van der Waals surface area contributed by atoms with Crippen molar-refractivity contribution in [3.8, 4) is 0 Å². The third-order valence-electron chi connectivity index (χ3n) is 4.01. The van der Waals surface area contributed by atoms with Crippen LogP contribution in [0.2, 0.25) is 0 Å². The summed E-state index contributed by atoms with van der Waals surface area (Å²) in [6, 6.07) is 3.87. The van der Waals surface area contributed by atoms with E-state index < -0.39 is 23.3 Å². The van der Waals surface area contributed by atoms with Crippen LogP contribution in [0.1, 0.15) is 41.6 Å². The lowest BCUT2D eigenvalue weighted by Crippen LogP contribution is -2.28. The van der Waals surface area contributed by atoms with E-state index in [0.29, 0.717) is 17.6 Å². The predicted octanol–water partition coefficient (Wildman–Crippen LogP) is 3.78. The smallest absolute Gasteiger partial charge is 0.417 e. The summed E-state index contributed by atoms with van der Waals surface area (Å²) in [7, 11) is 0. The van der Waals surface area contributed by atoms with Crippen LogP contribution in [0.5, 0.6) is 0 Å². The zero-order valence-corrected chi connectivity index (χ0v) is 11.4. The first-order valence-corrected chi connectivity index (χ1v) is 7.07. The number of carboxylic acid groups (broad SMARTS) is 1. The van der Waals surface area contributed by atoms with Crippen molar-refractivity contribution in [2.24, 2.45) is 5.92 Å². The number of carbonyl (C=O) groups is 1. The van der Waals surface area contributed by atoms with Gasteiger partial charge in [-0.1, -0.05) is 0 Å². The fraction of sp³-hybridized carbons (Fsp3) is 0.533. The molecule has 2 aliphatic carbocycles. The number of carboxylic acids is 1. The van der Waals surface area contributed by atoms with Crippen molar-refractivity contribution in [3.63, 3.8) is 0 Å². The molecule has 0 unspecified atom stereocenters. The Balaban J connectivity index is 1.96. The van der Waals surface area contributed by atoms with Gasteiger partial charge in [-0.2, -0.15) is 13.2 Å². The summed E-state index contributed by atoms with van der Waals surface area (Å²) in [6.45, 7) is 0.772. The molecular weight excluding hydrogens is 283 g/mol. The minimum absolute atomic E-state index is 0.308. The van der Waals surface area contributed by atoms with E-state index >= 15 is 0 Å². The number of alkyl halides is 3. The lowest BCUT2D eigenvalue weighted by atomic mass is 10.1. The fourth-order valence-corrected chi connectivity index (χ4v) is 2.56. The van der Waals surface area contributed by atoms with Crippen LogP contribution in [0, 0.1) is 5.92 Å². The topological polar surface area (TPSA) is 40.5 Å². The van der Waals surface area contributed by atoms with Crippen LogP contribution >= 0.6 is 0 Å². The van der Waals surface area contributed by atoms with Crippen LogP contribution < -0.4 is 4.90 Å². The molecule has 21 heavy (non-hydrogen) atoms. The van der Waals surface area contributed by atoms with E-state index in [4.69, 9.17) is 5.11 Å². The van der Waals surface area contributed by atoms with Crippen LogP contribution in [0.25, 0.3) is 0 Å². The van der Waals surface area contributed by atoms with Gasteiger partial charge >= 0.3 is 12.1 Å². The van der Waals surface area contributed by atoms with Gasteiger partial charge in [-0.15, -0.1) is 0 Å². The average Bonchev–Trinajstić information content (AvgIpc) is 3.25. The first-order chi connectivity index (χ1) is 9.86. The molecule has 0 bridgehead atoms. The Hall–Kier alpha value is -1.72. The SMILES string of the molecule is O=C(O)c1ccc(N(CC2CC2)C2CC2)cc1C(F)(F)F. The molecule has 1 aromatic carbocycles. The summed E-state index contributed by atoms with van der Waals surface area (Å²) in [4.78, 5) is 13.0. The van der Waals surface area contributed by atoms with Crippen LogP contribution in [-0.4, -0.2) is 23.7 Å². The Labute approximate surface area is 120 Å². The van der Waals surface area contributed by atoms with Gasteiger partial charge in [-0.25, -0.2) is 4.79 Å². The maximum Gasteiger partial charge on any atom is 0.417 e. The summed E-state index contributed by atoms with van der Waals surface area (Å²) in [5.74, 6) is -0.979. The molecule has 3 rings (SSSR count). The lowest BCUT2D eigenvalue weighted by molar-refractivity contribution is -0.138. The molecule has 114 valence electrons. The number of aromatic carboxylic acids is 1. The number of nitrogens with zero attached hydrogens (tertiary/aromatic N) is 1. The van der Waals surface area contributed by atoms with Crippen molar-refractivity contribution in [1.29, 1.82) is 0 Å². The van der Waals surface area contributed by atoms with Gasteiger partial charge in [-0.3, -0.25) is 0 Å². The van der Waals surface area contributed by atoms with Crippen molar-refractivity contribution in [3.05, 3.63) is 29.3 Å². The highest BCUT2D eigenvalue weighted by Gasteiger charge is 2.38. The second-order valence-electron chi connectivity index (χ2n) is 5.86. The highest BCUT2D eigenvalue weighted by atomic mass is 19.4. The van der Waals surface area contributed by atoms with E-state index in [9.17, 15) is 18.0 Å². The fourth-order valence-electron chi connectivity index (χ4n) is 2.56. The molecule has 0 spiro atoms. The summed E-state index contributed by atoms with van der Waals surface area (Å²) >= 11 is 0. The van der Waals surface area contributed by atoms with Crippen molar-refractivity contribution in [2.75, 3.05) is 11.4 Å². The predicted molar refractivity (Wildman–Crippen MR) is 71.5 cm³/mol. The molecule has 1 aromatic rings. The highest BCUT2D eigenvalue weighted by molar-refractivity contribution is 5.90. The van der Waals surface area contributed by atoms with Crippen molar-refractivity contribution >= 4 is 11.7 Å². The quantitative estimate of drug-likeness (QED) is 0.899. The molecule has 2 saturated carbocycles. The van der Waals surface area contributed by atoms with E-state index in [0.717, 1.165) is 44.4 Å². The van der Waals surface area contributed by atoms with E-state index in [2.05, 4.69) is 0 Å². The van der Waals surface area contributed by atoms with E-state index in [-0.39, 0.29) is 0 Å². The molecule has 0 saturated heterocycles. The minimum Gasteiger partial charge on any atom is -0.478 e. The van der Waals surface area contributed by atoms with Crippen LogP contribution in [0.3, 0.4) is 0 Å². The number of benzene rings is 1. The molecule has 0 radical (unpaired) electrons. The second-order valence-corrected chi connectivity index (χ2v) is 5.86. The van der Waals surface area contributed by atoms with Gasteiger partial charge in [0.1, 0.15) is 0 Å². The van der Waals surface area contributed by atoms with Crippen molar-refractivity contribution in [1.82, 2.24) is 0 Å². The number of anilines is 1. The first-order valence-electron chi connectivity index (χ1n) is 7.07. The van der Waals surface area contributed by atoms with Crippen LogP contribution in [0.15, 0.2) is 18.2 Å². The maximum absolute atomic E-state index is 13.1. The Bertz CT molecular complexity index is 563. The first kappa shape index (κ1) is 14.2. The molecular formula is C15H16F3NO2. The molecule has 0 heterocycles. The Kier molecular flexibility index (Phi) is 3.34. The van der Waals surface area contributed by atoms with Gasteiger partial charge < -0.3 is 10.0 Å². The average molecular weight is 299 g/mol. The summed E-state index contributed by atoms with van der Waals surface area (Å²) in [6.07, 6.45) is -0.410. The van der Waals surface area contributed by atoms with Crippen LogP contribution in [-0.2, 0) is 6.18 Å². The van der Waals surface area contributed by atoms with Gasteiger partial charge in [0.15, 0.2) is 0 Å². The zero-order chi connectivity index (χ0) is 15.2. The molecule has 2 fully saturated rings. The molecule has 0 aliphatic heterocycles. The third kappa shape index (κ3) is 3.14. The van der Waals surface area contributed by atoms with Gasteiger partial charge in [-0.05, 0) is 49.8 Å².